The summed E-state index contributed by atoms with van der Waals surface area (Å²) in [5.74, 6) is 0.0248. The number of aromatic nitrogens is 1. The summed E-state index contributed by atoms with van der Waals surface area (Å²) in [6, 6.07) is 1.75. The minimum Gasteiger partial charge on any atom is -0.371 e. The Labute approximate surface area is 94.4 Å². The van der Waals surface area contributed by atoms with Crippen LogP contribution in [0.15, 0.2) is 18.5 Å². The Balaban J connectivity index is 2.48. The molecule has 15 heavy (non-hydrogen) atoms. The number of carbonyl (C=O) groups is 1. The molecule has 1 heterocycles. The van der Waals surface area contributed by atoms with Gasteiger partial charge in [0.05, 0.1) is 11.1 Å². The standard InChI is InChI=1S/C11H14ClNO2/c1-8(2)15-7-10(14)5-9-3-4-13-6-11(9)12/h3-4,6,8H,5,7H2,1-2H3. The van der Waals surface area contributed by atoms with Gasteiger partial charge in [0, 0.05) is 18.8 Å². The molecule has 0 saturated heterocycles. The van der Waals surface area contributed by atoms with Gasteiger partial charge in [0.25, 0.3) is 0 Å². The Kier molecular flexibility index (Phi) is 4.72. The third kappa shape index (κ3) is 4.40. The fourth-order valence-corrected chi connectivity index (χ4v) is 1.26. The molecule has 1 rings (SSSR count). The van der Waals surface area contributed by atoms with Crippen molar-refractivity contribution in [2.24, 2.45) is 0 Å². The van der Waals surface area contributed by atoms with Crippen LogP contribution in [-0.4, -0.2) is 23.5 Å². The maximum atomic E-state index is 11.5. The number of ketones is 1. The lowest BCUT2D eigenvalue weighted by Gasteiger charge is -2.07. The third-order valence-electron chi connectivity index (χ3n) is 1.82. The van der Waals surface area contributed by atoms with Gasteiger partial charge in [-0.25, -0.2) is 0 Å². The molecule has 1 aromatic rings. The normalized spacial score (nSPS) is 10.7. The number of carbonyl (C=O) groups excluding carboxylic acids is 1. The van der Waals surface area contributed by atoms with Gasteiger partial charge in [-0.05, 0) is 25.5 Å². The highest BCUT2D eigenvalue weighted by Crippen LogP contribution is 2.14. The van der Waals surface area contributed by atoms with Crippen molar-refractivity contribution in [2.45, 2.75) is 26.4 Å². The van der Waals surface area contributed by atoms with Crippen molar-refractivity contribution in [1.82, 2.24) is 4.98 Å². The molecule has 0 fully saturated rings. The molecule has 0 aliphatic heterocycles. The van der Waals surface area contributed by atoms with Crippen molar-refractivity contribution in [1.29, 1.82) is 0 Å². The number of pyridine rings is 1. The Morgan fingerprint density at radius 3 is 2.93 bits per heavy atom. The molecular formula is C11H14ClNO2. The summed E-state index contributed by atoms with van der Waals surface area (Å²) < 4.78 is 5.21. The molecule has 4 heteroatoms. The fourth-order valence-electron chi connectivity index (χ4n) is 1.07. The van der Waals surface area contributed by atoms with Crippen molar-refractivity contribution in [3.8, 4) is 0 Å². The van der Waals surface area contributed by atoms with Crippen molar-refractivity contribution in [3.63, 3.8) is 0 Å². The van der Waals surface area contributed by atoms with E-state index in [0.717, 1.165) is 5.56 Å². The number of halogens is 1. The summed E-state index contributed by atoms with van der Waals surface area (Å²) in [4.78, 5) is 15.3. The molecule has 0 radical (unpaired) electrons. The van der Waals surface area contributed by atoms with Crippen molar-refractivity contribution in [3.05, 3.63) is 29.0 Å². The second kappa shape index (κ2) is 5.83. The first kappa shape index (κ1) is 12.1. The molecule has 0 aromatic carbocycles. The van der Waals surface area contributed by atoms with E-state index in [4.69, 9.17) is 16.3 Å². The lowest BCUT2D eigenvalue weighted by Crippen LogP contribution is -2.15. The van der Waals surface area contributed by atoms with Crippen LogP contribution in [0.25, 0.3) is 0 Å². The van der Waals surface area contributed by atoms with Crippen LogP contribution in [0.1, 0.15) is 19.4 Å². The first-order chi connectivity index (χ1) is 7.09. The summed E-state index contributed by atoms with van der Waals surface area (Å²) in [5.41, 5.74) is 0.795. The summed E-state index contributed by atoms with van der Waals surface area (Å²) in [7, 11) is 0. The van der Waals surface area contributed by atoms with E-state index < -0.39 is 0 Å². The largest absolute Gasteiger partial charge is 0.371 e. The molecule has 0 N–H and O–H groups in total. The highest BCUT2D eigenvalue weighted by molar-refractivity contribution is 6.31. The zero-order valence-corrected chi connectivity index (χ0v) is 9.62. The zero-order chi connectivity index (χ0) is 11.3. The molecule has 0 saturated carbocycles. The van der Waals surface area contributed by atoms with E-state index in [1.165, 1.54) is 6.20 Å². The van der Waals surface area contributed by atoms with Crippen LogP contribution < -0.4 is 0 Å². The zero-order valence-electron chi connectivity index (χ0n) is 8.87. The van der Waals surface area contributed by atoms with Crippen LogP contribution in [0.3, 0.4) is 0 Å². The number of hydrogen-bond acceptors (Lipinski definition) is 3. The van der Waals surface area contributed by atoms with E-state index in [9.17, 15) is 4.79 Å². The Bertz CT molecular complexity index is 339. The van der Waals surface area contributed by atoms with Crippen LogP contribution >= 0.6 is 11.6 Å². The second-order valence-corrected chi connectivity index (χ2v) is 3.95. The van der Waals surface area contributed by atoms with Gasteiger partial charge in [-0.3, -0.25) is 9.78 Å². The van der Waals surface area contributed by atoms with E-state index in [1.807, 2.05) is 13.8 Å². The highest BCUT2D eigenvalue weighted by atomic mass is 35.5. The summed E-state index contributed by atoms with van der Waals surface area (Å²) in [6.45, 7) is 3.93. The molecule has 0 unspecified atom stereocenters. The van der Waals surface area contributed by atoms with Gasteiger partial charge in [-0.15, -0.1) is 0 Å². The minimum atomic E-state index is 0.0248. The molecule has 0 amide bonds. The average Bonchev–Trinajstić information content (AvgIpc) is 2.18. The van der Waals surface area contributed by atoms with Gasteiger partial charge in [0.15, 0.2) is 5.78 Å². The quantitative estimate of drug-likeness (QED) is 0.775. The van der Waals surface area contributed by atoms with Gasteiger partial charge in [-0.1, -0.05) is 11.6 Å². The number of hydrogen-bond donors (Lipinski definition) is 0. The summed E-state index contributed by atoms with van der Waals surface area (Å²) in [6.07, 6.45) is 3.53. The molecule has 0 aliphatic carbocycles. The summed E-state index contributed by atoms with van der Waals surface area (Å²) in [5, 5.41) is 0.524. The molecule has 3 nitrogen and oxygen atoms in total. The molecule has 0 atom stereocenters. The van der Waals surface area contributed by atoms with Gasteiger partial charge < -0.3 is 4.74 Å². The van der Waals surface area contributed by atoms with Crippen LogP contribution in [0.4, 0.5) is 0 Å². The topological polar surface area (TPSA) is 39.2 Å². The van der Waals surface area contributed by atoms with Crippen LogP contribution in [0.2, 0.25) is 5.02 Å². The van der Waals surface area contributed by atoms with Crippen molar-refractivity contribution < 1.29 is 9.53 Å². The predicted octanol–water partition coefficient (Wildman–Crippen LogP) is 2.27. The van der Waals surface area contributed by atoms with E-state index >= 15 is 0 Å². The fraction of sp³-hybridized carbons (Fsp3) is 0.455. The predicted molar refractivity (Wildman–Crippen MR) is 59.0 cm³/mol. The Hall–Kier alpha value is -0.930. The first-order valence-electron chi connectivity index (χ1n) is 4.81. The van der Waals surface area contributed by atoms with Gasteiger partial charge in [0.1, 0.15) is 6.61 Å². The lowest BCUT2D eigenvalue weighted by atomic mass is 10.1. The molecule has 0 spiro atoms. The molecule has 1 aromatic heterocycles. The lowest BCUT2D eigenvalue weighted by molar-refractivity contribution is -0.124. The monoisotopic (exact) mass is 227 g/mol. The highest BCUT2D eigenvalue weighted by Gasteiger charge is 2.07. The average molecular weight is 228 g/mol. The second-order valence-electron chi connectivity index (χ2n) is 3.54. The van der Waals surface area contributed by atoms with E-state index in [1.54, 1.807) is 12.3 Å². The third-order valence-corrected chi connectivity index (χ3v) is 2.16. The number of ether oxygens (including phenoxy) is 1. The SMILES string of the molecule is CC(C)OCC(=O)Cc1ccncc1Cl. The number of Topliss-reactive ketones (excluding diaryl/α,β-unsaturated/α-hetero) is 1. The summed E-state index contributed by atoms with van der Waals surface area (Å²) >= 11 is 5.88. The van der Waals surface area contributed by atoms with Crippen LogP contribution in [0, 0.1) is 0 Å². The van der Waals surface area contributed by atoms with Gasteiger partial charge >= 0.3 is 0 Å². The van der Waals surface area contributed by atoms with Gasteiger partial charge in [-0.2, -0.15) is 0 Å². The Morgan fingerprint density at radius 1 is 1.60 bits per heavy atom. The molecule has 0 bridgehead atoms. The van der Waals surface area contributed by atoms with Crippen LogP contribution in [-0.2, 0) is 16.0 Å². The number of rotatable bonds is 5. The minimum absolute atomic E-state index is 0.0248. The first-order valence-corrected chi connectivity index (χ1v) is 5.19. The Morgan fingerprint density at radius 2 is 2.33 bits per heavy atom. The number of nitrogens with zero attached hydrogens (tertiary/aromatic N) is 1. The molecule has 82 valence electrons. The molecule has 0 aliphatic rings. The van der Waals surface area contributed by atoms with Gasteiger partial charge in [0.2, 0.25) is 0 Å². The van der Waals surface area contributed by atoms with Crippen LogP contribution in [0.5, 0.6) is 0 Å². The van der Waals surface area contributed by atoms with E-state index in [2.05, 4.69) is 4.98 Å². The maximum Gasteiger partial charge on any atom is 0.162 e. The van der Waals surface area contributed by atoms with E-state index in [0.29, 0.717) is 11.4 Å². The maximum absolute atomic E-state index is 11.5. The molecular weight excluding hydrogens is 214 g/mol. The smallest absolute Gasteiger partial charge is 0.162 e. The van der Waals surface area contributed by atoms with Crippen molar-refractivity contribution >= 4 is 17.4 Å². The van der Waals surface area contributed by atoms with Crippen molar-refractivity contribution in [2.75, 3.05) is 6.61 Å². The van der Waals surface area contributed by atoms with E-state index in [-0.39, 0.29) is 18.5 Å².